The number of nitrogens with zero attached hydrogens (tertiary/aromatic N) is 3. The Labute approximate surface area is 108 Å². The summed E-state index contributed by atoms with van der Waals surface area (Å²) < 4.78 is 7.06. The zero-order chi connectivity index (χ0) is 12.7. The van der Waals surface area contributed by atoms with Crippen molar-refractivity contribution in [1.82, 2.24) is 14.7 Å². The van der Waals surface area contributed by atoms with Gasteiger partial charge in [0, 0.05) is 39.7 Å². The van der Waals surface area contributed by atoms with Crippen molar-refractivity contribution < 1.29 is 4.74 Å². The van der Waals surface area contributed by atoms with E-state index in [0.29, 0.717) is 5.88 Å². The zero-order valence-corrected chi connectivity index (χ0v) is 11.7. The zero-order valence-electron chi connectivity index (χ0n) is 10.9. The topological polar surface area (TPSA) is 30.3 Å². The number of methoxy groups -OCH3 is 1. The molecule has 0 aliphatic rings. The second kappa shape index (κ2) is 7.69. The molecule has 1 aromatic rings. The van der Waals surface area contributed by atoms with Gasteiger partial charge in [0.05, 0.1) is 18.0 Å². The van der Waals surface area contributed by atoms with E-state index in [-0.39, 0.29) is 0 Å². The fraction of sp³-hybridized carbons (Fsp3) is 0.750. The molecule has 0 unspecified atom stereocenters. The Bertz CT molecular complexity index is 328. The van der Waals surface area contributed by atoms with E-state index >= 15 is 0 Å². The van der Waals surface area contributed by atoms with Gasteiger partial charge in [-0.15, -0.1) is 11.6 Å². The van der Waals surface area contributed by atoms with E-state index in [4.69, 9.17) is 16.3 Å². The molecule has 1 rings (SSSR count). The molecule has 1 aromatic heterocycles. The van der Waals surface area contributed by atoms with Crippen LogP contribution in [0.15, 0.2) is 6.07 Å². The molecule has 4 nitrogen and oxygen atoms in total. The fourth-order valence-corrected chi connectivity index (χ4v) is 1.97. The molecule has 98 valence electrons. The highest BCUT2D eigenvalue weighted by Gasteiger charge is 2.09. The minimum Gasteiger partial charge on any atom is -0.383 e. The molecule has 0 fully saturated rings. The van der Waals surface area contributed by atoms with E-state index in [2.05, 4.69) is 23.0 Å². The highest BCUT2D eigenvalue weighted by molar-refractivity contribution is 6.18. The normalized spacial score (nSPS) is 11.4. The Hall–Kier alpha value is -0.580. The predicted molar refractivity (Wildman–Crippen MR) is 70.5 cm³/mol. The van der Waals surface area contributed by atoms with Gasteiger partial charge < -0.3 is 4.74 Å². The summed E-state index contributed by atoms with van der Waals surface area (Å²) in [5.41, 5.74) is 2.36. The van der Waals surface area contributed by atoms with Crippen LogP contribution in [-0.2, 0) is 24.8 Å². The van der Waals surface area contributed by atoms with Crippen molar-refractivity contribution in [2.75, 3.05) is 32.7 Å². The predicted octanol–water partition coefficient (Wildman–Crippen LogP) is 1.67. The molecule has 0 aromatic carbocycles. The van der Waals surface area contributed by atoms with Crippen molar-refractivity contribution in [3.05, 3.63) is 17.5 Å². The van der Waals surface area contributed by atoms with Gasteiger partial charge in [-0.3, -0.25) is 9.58 Å². The van der Waals surface area contributed by atoms with E-state index in [9.17, 15) is 0 Å². The summed E-state index contributed by atoms with van der Waals surface area (Å²) in [5.74, 6) is 0.641. The van der Waals surface area contributed by atoms with Crippen LogP contribution in [0.25, 0.3) is 0 Å². The molecule has 0 radical (unpaired) electrons. The maximum atomic E-state index is 5.81. The second-order valence-electron chi connectivity index (χ2n) is 4.06. The fourth-order valence-electron chi connectivity index (χ4n) is 1.73. The lowest BCUT2D eigenvalue weighted by Gasteiger charge is -2.20. The van der Waals surface area contributed by atoms with Crippen molar-refractivity contribution >= 4 is 11.6 Å². The molecule has 0 aliphatic carbocycles. The quantitative estimate of drug-likeness (QED) is 0.666. The van der Waals surface area contributed by atoms with Crippen molar-refractivity contribution in [2.45, 2.75) is 19.9 Å². The molecule has 0 N–H and O–H groups in total. The summed E-state index contributed by atoms with van der Waals surface area (Å²) in [5, 5.41) is 4.45. The number of rotatable bonds is 8. The molecule has 1 heterocycles. The Morgan fingerprint density at radius 3 is 2.76 bits per heavy atom. The molecular weight excluding hydrogens is 238 g/mol. The lowest BCUT2D eigenvalue weighted by atomic mass is 10.3. The molecule has 0 bridgehead atoms. The maximum absolute atomic E-state index is 5.81. The van der Waals surface area contributed by atoms with Gasteiger partial charge in [0.2, 0.25) is 0 Å². The van der Waals surface area contributed by atoms with Gasteiger partial charge in [-0.2, -0.15) is 5.10 Å². The number of hydrogen-bond acceptors (Lipinski definition) is 3. The average Bonchev–Trinajstić information content (AvgIpc) is 2.67. The minimum absolute atomic E-state index is 0.641. The smallest absolute Gasteiger partial charge is 0.0625 e. The lowest BCUT2D eigenvalue weighted by molar-refractivity contribution is 0.146. The summed E-state index contributed by atoms with van der Waals surface area (Å²) in [6, 6.07) is 2.16. The first-order chi connectivity index (χ1) is 8.21. The second-order valence-corrected chi connectivity index (χ2v) is 4.44. The van der Waals surface area contributed by atoms with Crippen LogP contribution in [0.3, 0.4) is 0 Å². The van der Waals surface area contributed by atoms with Gasteiger partial charge in [0.15, 0.2) is 0 Å². The lowest BCUT2D eigenvalue weighted by Crippen LogP contribution is -2.29. The van der Waals surface area contributed by atoms with Crippen LogP contribution in [-0.4, -0.2) is 47.4 Å². The third-order valence-electron chi connectivity index (χ3n) is 2.79. The maximum Gasteiger partial charge on any atom is 0.0625 e. The van der Waals surface area contributed by atoms with Gasteiger partial charge in [0.1, 0.15) is 0 Å². The van der Waals surface area contributed by atoms with Crippen molar-refractivity contribution in [3.8, 4) is 0 Å². The van der Waals surface area contributed by atoms with Crippen LogP contribution in [0.5, 0.6) is 0 Å². The van der Waals surface area contributed by atoms with E-state index in [0.717, 1.165) is 38.4 Å². The molecule has 0 saturated carbocycles. The van der Waals surface area contributed by atoms with E-state index in [1.54, 1.807) is 7.11 Å². The molecule has 0 saturated heterocycles. The first kappa shape index (κ1) is 14.5. The number of alkyl halides is 1. The number of ether oxygens (including phenoxy) is 1. The van der Waals surface area contributed by atoms with Gasteiger partial charge in [-0.05, 0) is 12.5 Å². The molecule has 5 heteroatoms. The first-order valence-electron chi connectivity index (χ1n) is 6.00. The molecule has 0 aliphatic heterocycles. The van der Waals surface area contributed by atoms with Gasteiger partial charge in [-0.1, -0.05) is 6.92 Å². The molecular formula is C12H22ClN3O. The van der Waals surface area contributed by atoms with Crippen LogP contribution in [0, 0.1) is 0 Å². The van der Waals surface area contributed by atoms with Crippen molar-refractivity contribution in [2.24, 2.45) is 7.05 Å². The number of halogens is 1. The monoisotopic (exact) mass is 259 g/mol. The van der Waals surface area contributed by atoms with Gasteiger partial charge in [0.25, 0.3) is 0 Å². The third-order valence-corrected chi connectivity index (χ3v) is 2.96. The van der Waals surface area contributed by atoms with E-state index in [1.807, 2.05) is 11.7 Å². The highest BCUT2D eigenvalue weighted by atomic mass is 35.5. The van der Waals surface area contributed by atoms with Crippen LogP contribution >= 0.6 is 11.6 Å². The Kier molecular flexibility index (Phi) is 6.55. The van der Waals surface area contributed by atoms with Crippen LogP contribution in [0.4, 0.5) is 0 Å². The Morgan fingerprint density at radius 1 is 1.47 bits per heavy atom. The Balaban J connectivity index is 2.60. The number of aryl methyl sites for hydroxylation is 2. The van der Waals surface area contributed by atoms with Gasteiger partial charge in [-0.25, -0.2) is 0 Å². The molecule has 0 atom stereocenters. The van der Waals surface area contributed by atoms with Crippen molar-refractivity contribution in [1.29, 1.82) is 0 Å². The summed E-state index contributed by atoms with van der Waals surface area (Å²) in [6.07, 6.45) is 0.974. The number of hydrogen-bond donors (Lipinski definition) is 0. The summed E-state index contributed by atoms with van der Waals surface area (Å²) in [4.78, 5) is 2.28. The minimum atomic E-state index is 0.641. The van der Waals surface area contributed by atoms with Crippen LogP contribution in [0.2, 0.25) is 0 Å². The van der Waals surface area contributed by atoms with Crippen LogP contribution < -0.4 is 0 Å². The highest BCUT2D eigenvalue weighted by Crippen LogP contribution is 2.07. The summed E-state index contributed by atoms with van der Waals surface area (Å²) in [6.45, 7) is 5.50. The first-order valence-corrected chi connectivity index (χ1v) is 6.53. The summed E-state index contributed by atoms with van der Waals surface area (Å²) >= 11 is 5.81. The van der Waals surface area contributed by atoms with E-state index in [1.165, 1.54) is 5.69 Å². The largest absolute Gasteiger partial charge is 0.383 e. The SMILES string of the molecule is CCc1cc(CN(CCCl)CCOC)n(C)n1. The standard InChI is InChI=1S/C12H22ClN3O/c1-4-11-9-12(15(2)14-11)10-16(6-5-13)7-8-17-3/h9H,4-8,10H2,1-3H3. The average molecular weight is 260 g/mol. The van der Waals surface area contributed by atoms with Crippen molar-refractivity contribution in [3.63, 3.8) is 0 Å². The third kappa shape index (κ3) is 4.66. The molecule has 0 amide bonds. The molecule has 17 heavy (non-hydrogen) atoms. The number of aromatic nitrogens is 2. The van der Waals surface area contributed by atoms with Crippen LogP contribution in [0.1, 0.15) is 18.3 Å². The Morgan fingerprint density at radius 2 is 2.24 bits per heavy atom. The summed E-state index contributed by atoms with van der Waals surface area (Å²) in [7, 11) is 3.71. The van der Waals surface area contributed by atoms with E-state index < -0.39 is 0 Å². The van der Waals surface area contributed by atoms with Gasteiger partial charge >= 0.3 is 0 Å². The molecule has 0 spiro atoms.